The molecule has 0 aliphatic heterocycles. The number of carbonyl (C=O) groups excluding carboxylic acids is 1. The highest BCUT2D eigenvalue weighted by molar-refractivity contribution is 6.31. The summed E-state index contributed by atoms with van der Waals surface area (Å²) in [5, 5.41) is 3.97. The largest absolute Gasteiger partial charge is 0.482 e. The molecule has 0 spiro atoms. The standard InChI is InChI=1S/C16H17ClN2O3/c1-16(2,3)19-15(21)14(17)13(9-18-19)22-10-12(20)11-7-5-4-6-8-11/h4-9H,10H2,1-3H3. The second-order valence-electron chi connectivity index (χ2n) is 5.79. The van der Waals surface area contributed by atoms with Crippen molar-refractivity contribution in [1.29, 1.82) is 0 Å². The molecule has 0 bridgehead atoms. The maximum absolute atomic E-state index is 12.2. The second-order valence-corrected chi connectivity index (χ2v) is 6.17. The molecule has 0 aliphatic rings. The number of ether oxygens (including phenoxy) is 1. The van der Waals surface area contributed by atoms with Crippen LogP contribution < -0.4 is 10.3 Å². The molecular formula is C16H17ClN2O3. The molecule has 0 radical (unpaired) electrons. The molecule has 0 N–H and O–H groups in total. The molecule has 0 unspecified atom stereocenters. The number of Topliss-reactive ketones (excluding diaryl/α,β-unsaturated/α-hetero) is 1. The van der Waals surface area contributed by atoms with Crippen molar-refractivity contribution in [1.82, 2.24) is 9.78 Å². The lowest BCUT2D eigenvalue weighted by Gasteiger charge is -2.21. The first-order valence-electron chi connectivity index (χ1n) is 6.80. The topological polar surface area (TPSA) is 61.2 Å². The number of ketones is 1. The maximum Gasteiger partial charge on any atom is 0.289 e. The van der Waals surface area contributed by atoms with Crippen molar-refractivity contribution < 1.29 is 9.53 Å². The van der Waals surface area contributed by atoms with E-state index in [-0.39, 0.29) is 23.2 Å². The van der Waals surface area contributed by atoms with Gasteiger partial charge >= 0.3 is 0 Å². The molecule has 116 valence electrons. The van der Waals surface area contributed by atoms with Crippen molar-refractivity contribution in [2.45, 2.75) is 26.3 Å². The molecule has 0 fully saturated rings. The van der Waals surface area contributed by atoms with Crippen molar-refractivity contribution in [2.24, 2.45) is 0 Å². The highest BCUT2D eigenvalue weighted by atomic mass is 35.5. The van der Waals surface area contributed by atoms with Gasteiger partial charge in [0.1, 0.15) is 0 Å². The molecule has 0 atom stereocenters. The summed E-state index contributed by atoms with van der Waals surface area (Å²) < 4.78 is 6.62. The highest BCUT2D eigenvalue weighted by Crippen LogP contribution is 2.20. The van der Waals surface area contributed by atoms with Crippen molar-refractivity contribution in [3.8, 4) is 5.75 Å². The Hall–Kier alpha value is -2.14. The van der Waals surface area contributed by atoms with Crippen LogP contribution in [0.5, 0.6) is 5.75 Å². The lowest BCUT2D eigenvalue weighted by Crippen LogP contribution is -2.36. The number of hydrogen-bond donors (Lipinski definition) is 0. The predicted molar refractivity (Wildman–Crippen MR) is 84.8 cm³/mol. The molecule has 0 saturated heterocycles. The fraction of sp³-hybridized carbons (Fsp3) is 0.312. The third kappa shape index (κ3) is 3.54. The number of aromatic nitrogens is 2. The Balaban J connectivity index is 2.17. The second kappa shape index (κ2) is 6.32. The summed E-state index contributed by atoms with van der Waals surface area (Å²) in [4.78, 5) is 24.1. The lowest BCUT2D eigenvalue weighted by atomic mass is 10.1. The van der Waals surface area contributed by atoms with Gasteiger partial charge in [-0.3, -0.25) is 9.59 Å². The summed E-state index contributed by atoms with van der Waals surface area (Å²) in [5.41, 5.74) is -0.396. The normalized spacial score (nSPS) is 11.3. The Morgan fingerprint density at radius 3 is 2.50 bits per heavy atom. The summed E-state index contributed by atoms with van der Waals surface area (Å²) in [6, 6.07) is 8.76. The van der Waals surface area contributed by atoms with Gasteiger partial charge in [0.05, 0.1) is 11.7 Å². The smallest absolute Gasteiger partial charge is 0.289 e. The number of rotatable bonds is 4. The van der Waals surface area contributed by atoms with E-state index in [1.165, 1.54) is 10.9 Å². The first-order valence-corrected chi connectivity index (χ1v) is 7.18. The summed E-state index contributed by atoms with van der Waals surface area (Å²) in [5.74, 6) is -0.0897. The average Bonchev–Trinajstić information content (AvgIpc) is 2.48. The van der Waals surface area contributed by atoms with Gasteiger partial charge in [0, 0.05) is 5.56 Å². The number of nitrogens with zero attached hydrogens (tertiary/aromatic N) is 2. The van der Waals surface area contributed by atoms with E-state index in [1.54, 1.807) is 24.3 Å². The molecule has 2 aromatic rings. The molecule has 22 heavy (non-hydrogen) atoms. The minimum atomic E-state index is -0.487. The average molecular weight is 321 g/mol. The zero-order chi connectivity index (χ0) is 16.3. The van der Waals surface area contributed by atoms with E-state index in [2.05, 4.69) is 5.10 Å². The molecule has 0 saturated carbocycles. The first-order chi connectivity index (χ1) is 10.3. The first kappa shape index (κ1) is 16.2. The van der Waals surface area contributed by atoms with Gasteiger partial charge < -0.3 is 4.74 Å². The van der Waals surface area contributed by atoms with Crippen LogP contribution in [-0.2, 0) is 5.54 Å². The zero-order valence-corrected chi connectivity index (χ0v) is 13.4. The van der Waals surface area contributed by atoms with Gasteiger partial charge in [0.25, 0.3) is 5.56 Å². The summed E-state index contributed by atoms with van der Waals surface area (Å²) in [7, 11) is 0. The van der Waals surface area contributed by atoms with Gasteiger partial charge in [-0.25, -0.2) is 4.68 Å². The summed E-state index contributed by atoms with van der Waals surface area (Å²) >= 11 is 6.02. The molecule has 5 nitrogen and oxygen atoms in total. The Labute approximate surface area is 133 Å². The van der Waals surface area contributed by atoms with Gasteiger partial charge in [-0.2, -0.15) is 5.10 Å². The quantitative estimate of drug-likeness (QED) is 0.813. The van der Waals surface area contributed by atoms with E-state index in [1.807, 2.05) is 26.8 Å². The summed E-state index contributed by atoms with van der Waals surface area (Å²) in [6.45, 7) is 5.33. The third-order valence-electron chi connectivity index (χ3n) is 2.98. The van der Waals surface area contributed by atoms with Crippen molar-refractivity contribution >= 4 is 17.4 Å². The van der Waals surface area contributed by atoms with Crippen molar-refractivity contribution in [3.05, 3.63) is 57.5 Å². The number of carbonyl (C=O) groups is 1. The molecule has 1 heterocycles. The Bertz CT molecular complexity index is 733. The molecule has 1 aromatic carbocycles. The maximum atomic E-state index is 12.2. The minimum Gasteiger partial charge on any atom is -0.482 e. The van der Waals surface area contributed by atoms with Crippen molar-refractivity contribution in [2.75, 3.05) is 6.61 Å². The fourth-order valence-electron chi connectivity index (χ4n) is 1.85. The SMILES string of the molecule is CC(C)(C)n1ncc(OCC(=O)c2ccccc2)c(Cl)c1=O. The minimum absolute atomic E-state index is 0.0780. The van der Waals surface area contributed by atoms with Crippen LogP contribution in [0.4, 0.5) is 0 Å². The van der Waals surface area contributed by atoms with E-state index in [4.69, 9.17) is 16.3 Å². The molecule has 6 heteroatoms. The predicted octanol–water partition coefficient (Wildman–Crippen LogP) is 2.91. The zero-order valence-electron chi connectivity index (χ0n) is 12.7. The molecule has 2 rings (SSSR count). The van der Waals surface area contributed by atoms with E-state index in [9.17, 15) is 9.59 Å². The Kier molecular flexibility index (Phi) is 4.66. The van der Waals surface area contributed by atoms with Crippen LogP contribution in [0, 0.1) is 0 Å². The molecule has 1 aromatic heterocycles. The third-order valence-corrected chi connectivity index (χ3v) is 3.32. The Morgan fingerprint density at radius 2 is 1.91 bits per heavy atom. The van der Waals surface area contributed by atoms with E-state index >= 15 is 0 Å². The molecule has 0 amide bonds. The van der Waals surface area contributed by atoms with Gasteiger partial charge in [-0.05, 0) is 20.8 Å². The monoisotopic (exact) mass is 320 g/mol. The number of benzene rings is 1. The van der Waals surface area contributed by atoms with Crippen LogP contribution in [0.25, 0.3) is 0 Å². The van der Waals surface area contributed by atoms with Crippen LogP contribution in [-0.4, -0.2) is 22.2 Å². The highest BCUT2D eigenvalue weighted by Gasteiger charge is 2.20. The van der Waals surface area contributed by atoms with Crippen molar-refractivity contribution in [3.63, 3.8) is 0 Å². The molecular weight excluding hydrogens is 304 g/mol. The van der Waals surface area contributed by atoms with E-state index < -0.39 is 11.1 Å². The van der Waals surface area contributed by atoms with Crippen LogP contribution >= 0.6 is 11.6 Å². The van der Waals surface area contributed by atoms with Gasteiger partial charge in [0.15, 0.2) is 23.2 Å². The van der Waals surface area contributed by atoms with Gasteiger partial charge in [-0.15, -0.1) is 0 Å². The van der Waals surface area contributed by atoms with Gasteiger partial charge in [0.2, 0.25) is 0 Å². The van der Waals surface area contributed by atoms with Crippen LogP contribution in [0.15, 0.2) is 41.3 Å². The van der Waals surface area contributed by atoms with E-state index in [0.29, 0.717) is 5.56 Å². The van der Waals surface area contributed by atoms with E-state index in [0.717, 1.165) is 0 Å². The summed E-state index contributed by atoms with van der Waals surface area (Å²) in [6.07, 6.45) is 1.35. The molecule has 0 aliphatic carbocycles. The van der Waals surface area contributed by atoms with Gasteiger partial charge in [-0.1, -0.05) is 41.9 Å². The Morgan fingerprint density at radius 1 is 1.27 bits per heavy atom. The van der Waals surface area contributed by atoms with Crippen LogP contribution in [0.1, 0.15) is 31.1 Å². The van der Waals surface area contributed by atoms with Crippen LogP contribution in [0.2, 0.25) is 5.02 Å². The lowest BCUT2D eigenvalue weighted by molar-refractivity contribution is 0.0920. The fourth-order valence-corrected chi connectivity index (χ4v) is 2.03. The number of halogens is 1. The van der Waals surface area contributed by atoms with Crippen LogP contribution in [0.3, 0.4) is 0 Å². The number of hydrogen-bond acceptors (Lipinski definition) is 4.